The SMILES string of the molecule is O=S(=O)(Nn1nc(C(F)(F)F)cc1-c1cc(Br)cs1)c1ccccc1. The monoisotopic (exact) mass is 451 g/mol. The third kappa shape index (κ3) is 3.88. The predicted octanol–water partition coefficient (Wildman–Crippen LogP) is 4.33. The van der Waals surface area contributed by atoms with Crippen LogP contribution in [0.25, 0.3) is 10.6 Å². The zero-order chi connectivity index (χ0) is 18.2. The van der Waals surface area contributed by atoms with Gasteiger partial charge in [-0.05, 0) is 40.2 Å². The molecule has 3 rings (SSSR count). The quantitative estimate of drug-likeness (QED) is 0.641. The lowest BCUT2D eigenvalue weighted by atomic mass is 10.3. The van der Waals surface area contributed by atoms with Crippen molar-refractivity contribution in [2.45, 2.75) is 11.1 Å². The number of hydrogen-bond acceptors (Lipinski definition) is 4. The number of rotatable bonds is 4. The fraction of sp³-hybridized carbons (Fsp3) is 0.0714. The summed E-state index contributed by atoms with van der Waals surface area (Å²) in [5, 5.41) is 5.04. The molecule has 3 aromatic rings. The number of alkyl halides is 3. The number of nitrogens with one attached hydrogen (secondary N) is 1. The molecular weight excluding hydrogens is 443 g/mol. The standard InChI is InChI=1S/C14H9BrF3N3O2S2/c15-9-6-12(24-8-9)11-7-13(14(16,17)18)19-21(11)20-25(22,23)10-4-2-1-3-5-10/h1-8,20H. The molecule has 0 aliphatic rings. The van der Waals surface area contributed by atoms with Crippen molar-refractivity contribution in [1.82, 2.24) is 9.89 Å². The van der Waals surface area contributed by atoms with Gasteiger partial charge in [-0.2, -0.15) is 31.2 Å². The summed E-state index contributed by atoms with van der Waals surface area (Å²) in [6.07, 6.45) is -4.70. The van der Waals surface area contributed by atoms with Crippen LogP contribution in [0.3, 0.4) is 0 Å². The van der Waals surface area contributed by atoms with E-state index in [1.807, 2.05) is 0 Å². The minimum Gasteiger partial charge on any atom is -0.200 e. The molecule has 25 heavy (non-hydrogen) atoms. The maximum Gasteiger partial charge on any atom is 0.435 e. The van der Waals surface area contributed by atoms with Gasteiger partial charge in [-0.1, -0.05) is 18.2 Å². The Morgan fingerprint density at radius 1 is 1.16 bits per heavy atom. The highest BCUT2D eigenvalue weighted by Crippen LogP contribution is 2.35. The zero-order valence-corrected chi connectivity index (χ0v) is 15.4. The summed E-state index contributed by atoms with van der Waals surface area (Å²) in [6.45, 7) is 0. The number of halogens is 4. The lowest BCUT2D eigenvalue weighted by Gasteiger charge is -2.10. The van der Waals surface area contributed by atoms with Crippen molar-refractivity contribution in [3.05, 3.63) is 58.0 Å². The Hall–Kier alpha value is -1.85. The highest BCUT2D eigenvalue weighted by atomic mass is 79.9. The average molecular weight is 452 g/mol. The Bertz CT molecular complexity index is 998. The van der Waals surface area contributed by atoms with E-state index >= 15 is 0 Å². The van der Waals surface area contributed by atoms with Crippen LogP contribution in [0.2, 0.25) is 0 Å². The van der Waals surface area contributed by atoms with E-state index in [1.165, 1.54) is 24.3 Å². The molecule has 1 N–H and O–H groups in total. The molecule has 0 saturated carbocycles. The van der Waals surface area contributed by atoms with Crippen molar-refractivity contribution >= 4 is 37.3 Å². The fourth-order valence-electron chi connectivity index (χ4n) is 1.98. The number of thiophene rings is 1. The molecule has 0 bridgehead atoms. The average Bonchev–Trinajstić information content (AvgIpc) is 3.13. The molecule has 0 aliphatic carbocycles. The number of benzene rings is 1. The second kappa shape index (κ2) is 6.46. The van der Waals surface area contributed by atoms with Gasteiger partial charge in [0.2, 0.25) is 0 Å². The highest BCUT2D eigenvalue weighted by Gasteiger charge is 2.36. The Morgan fingerprint density at radius 2 is 1.84 bits per heavy atom. The first-order chi connectivity index (χ1) is 11.7. The van der Waals surface area contributed by atoms with Gasteiger partial charge in [0.05, 0.1) is 9.77 Å². The first kappa shape index (κ1) is 18.0. The van der Waals surface area contributed by atoms with Gasteiger partial charge in [0, 0.05) is 9.85 Å². The molecule has 0 atom stereocenters. The summed E-state index contributed by atoms with van der Waals surface area (Å²) in [7, 11) is -4.09. The van der Waals surface area contributed by atoms with Crippen molar-refractivity contribution in [3.8, 4) is 10.6 Å². The molecule has 1 aromatic carbocycles. The summed E-state index contributed by atoms with van der Waals surface area (Å²) in [6, 6.07) is 9.69. The summed E-state index contributed by atoms with van der Waals surface area (Å²) < 4.78 is 64.4. The summed E-state index contributed by atoms with van der Waals surface area (Å²) >= 11 is 4.37. The molecule has 0 unspecified atom stereocenters. The first-order valence-corrected chi connectivity index (χ1v) is 9.82. The largest absolute Gasteiger partial charge is 0.435 e. The minimum absolute atomic E-state index is 0.0115. The maximum absolute atomic E-state index is 13.0. The van der Waals surface area contributed by atoms with Crippen LogP contribution in [0.15, 0.2) is 57.2 Å². The molecular formula is C14H9BrF3N3O2S2. The van der Waals surface area contributed by atoms with Crippen LogP contribution < -0.4 is 4.83 Å². The molecule has 5 nitrogen and oxygen atoms in total. The van der Waals surface area contributed by atoms with Crippen molar-refractivity contribution in [2.24, 2.45) is 0 Å². The number of nitrogens with zero attached hydrogens (tertiary/aromatic N) is 2. The van der Waals surface area contributed by atoms with E-state index in [0.717, 1.165) is 17.4 Å². The van der Waals surface area contributed by atoms with Crippen molar-refractivity contribution in [3.63, 3.8) is 0 Å². The second-order valence-corrected chi connectivity index (χ2v) is 8.35. The molecule has 11 heteroatoms. The zero-order valence-electron chi connectivity index (χ0n) is 12.2. The van der Waals surface area contributed by atoms with E-state index in [4.69, 9.17) is 0 Å². The Kier molecular flexibility index (Phi) is 4.64. The van der Waals surface area contributed by atoms with Gasteiger partial charge < -0.3 is 0 Å². The number of sulfonamides is 1. The van der Waals surface area contributed by atoms with Crippen LogP contribution in [-0.4, -0.2) is 18.3 Å². The van der Waals surface area contributed by atoms with Gasteiger partial charge >= 0.3 is 6.18 Å². The van der Waals surface area contributed by atoms with Crippen LogP contribution in [-0.2, 0) is 16.2 Å². The van der Waals surface area contributed by atoms with E-state index in [9.17, 15) is 21.6 Å². The first-order valence-electron chi connectivity index (χ1n) is 6.66. The second-order valence-electron chi connectivity index (χ2n) is 4.86. The maximum atomic E-state index is 13.0. The smallest absolute Gasteiger partial charge is 0.200 e. The van der Waals surface area contributed by atoms with E-state index in [1.54, 1.807) is 17.5 Å². The molecule has 0 spiro atoms. The molecule has 0 saturated heterocycles. The molecule has 0 amide bonds. The normalized spacial score (nSPS) is 12.3. The highest BCUT2D eigenvalue weighted by molar-refractivity contribution is 9.10. The Balaban J connectivity index is 2.07. The number of hydrogen-bond donors (Lipinski definition) is 1. The van der Waals surface area contributed by atoms with E-state index in [2.05, 4.69) is 25.9 Å². The number of aromatic nitrogens is 2. The van der Waals surface area contributed by atoms with Gasteiger partial charge in [-0.25, -0.2) is 0 Å². The molecule has 0 fully saturated rings. The molecule has 2 heterocycles. The third-order valence-electron chi connectivity index (χ3n) is 3.08. The van der Waals surface area contributed by atoms with Crippen LogP contribution in [0, 0.1) is 0 Å². The minimum atomic E-state index is -4.70. The van der Waals surface area contributed by atoms with Gasteiger partial charge in [0.15, 0.2) is 5.69 Å². The lowest BCUT2D eigenvalue weighted by molar-refractivity contribution is -0.141. The lowest BCUT2D eigenvalue weighted by Crippen LogP contribution is -2.25. The van der Waals surface area contributed by atoms with E-state index in [0.29, 0.717) is 14.1 Å². The van der Waals surface area contributed by atoms with Crippen LogP contribution in [0.5, 0.6) is 0 Å². The Labute approximate surface area is 153 Å². The van der Waals surface area contributed by atoms with E-state index < -0.39 is 21.9 Å². The third-order valence-corrected chi connectivity index (χ3v) is 6.10. The van der Waals surface area contributed by atoms with Crippen molar-refractivity contribution in [2.75, 3.05) is 4.83 Å². The topological polar surface area (TPSA) is 64.0 Å². The molecule has 0 radical (unpaired) electrons. The Morgan fingerprint density at radius 3 is 2.40 bits per heavy atom. The van der Waals surface area contributed by atoms with Crippen LogP contribution >= 0.6 is 27.3 Å². The summed E-state index contributed by atoms with van der Waals surface area (Å²) in [4.78, 5) is 3.04. The van der Waals surface area contributed by atoms with Crippen molar-refractivity contribution in [1.29, 1.82) is 0 Å². The molecule has 0 aliphatic heterocycles. The van der Waals surface area contributed by atoms with Gasteiger partial charge in [0.25, 0.3) is 10.0 Å². The molecule has 132 valence electrons. The molecule has 2 aromatic heterocycles. The van der Waals surface area contributed by atoms with Gasteiger partial charge in [-0.3, -0.25) is 0 Å². The summed E-state index contributed by atoms with van der Waals surface area (Å²) in [5.41, 5.74) is -1.20. The van der Waals surface area contributed by atoms with Crippen LogP contribution in [0.4, 0.5) is 13.2 Å². The predicted molar refractivity (Wildman–Crippen MR) is 91.2 cm³/mol. The fourth-order valence-corrected chi connectivity index (χ4v) is 4.40. The van der Waals surface area contributed by atoms with Crippen molar-refractivity contribution < 1.29 is 21.6 Å². The van der Waals surface area contributed by atoms with Crippen LogP contribution in [0.1, 0.15) is 5.69 Å². The summed E-state index contributed by atoms with van der Waals surface area (Å²) in [5.74, 6) is 0. The van der Waals surface area contributed by atoms with Gasteiger partial charge in [0.1, 0.15) is 5.69 Å². The van der Waals surface area contributed by atoms with E-state index in [-0.39, 0.29) is 10.6 Å². The van der Waals surface area contributed by atoms with Gasteiger partial charge in [-0.15, -0.1) is 16.4 Å².